The second-order valence-corrected chi connectivity index (χ2v) is 5.78. The average molecular weight is 340 g/mol. The van der Waals surface area contributed by atoms with Gasteiger partial charge in [0.05, 0.1) is 0 Å². The number of hydrogen-bond donors (Lipinski definition) is 1. The number of halogens is 1. The van der Waals surface area contributed by atoms with Gasteiger partial charge in [-0.2, -0.15) is 0 Å². The second-order valence-electron chi connectivity index (χ2n) is 5.78. The first-order chi connectivity index (χ1) is 11.9. The van der Waals surface area contributed by atoms with E-state index < -0.39 is 5.82 Å². The van der Waals surface area contributed by atoms with E-state index in [1.54, 1.807) is 48.2 Å². The van der Waals surface area contributed by atoms with E-state index in [1.807, 2.05) is 14.1 Å². The summed E-state index contributed by atoms with van der Waals surface area (Å²) in [6, 6.07) is 11.8. The molecule has 0 fully saturated rings. The lowest BCUT2D eigenvalue weighted by Gasteiger charge is -2.07. The van der Waals surface area contributed by atoms with Crippen molar-refractivity contribution in [1.29, 1.82) is 0 Å². The van der Waals surface area contributed by atoms with Crippen molar-refractivity contribution < 1.29 is 13.6 Å². The van der Waals surface area contributed by atoms with Crippen LogP contribution in [0.4, 0.5) is 16.1 Å². The minimum absolute atomic E-state index is 0.264. The number of carbonyl (C=O) groups excluding carboxylic acids is 1. The molecule has 2 aromatic carbocycles. The Balaban J connectivity index is 1.73. The van der Waals surface area contributed by atoms with Crippen LogP contribution in [0.3, 0.4) is 0 Å². The number of nitrogens with zero attached hydrogens (tertiary/aromatic N) is 3. The van der Waals surface area contributed by atoms with Gasteiger partial charge in [-0.05, 0) is 48.9 Å². The fourth-order valence-corrected chi connectivity index (χ4v) is 2.15. The smallest absolute Gasteiger partial charge is 0.317 e. The third-order valence-corrected chi connectivity index (χ3v) is 3.62. The van der Waals surface area contributed by atoms with Gasteiger partial charge in [-0.15, -0.1) is 5.10 Å². The molecule has 25 heavy (non-hydrogen) atoms. The fraction of sp³-hybridized carbons (Fsp3) is 0.167. The van der Waals surface area contributed by atoms with Crippen molar-refractivity contribution in [2.45, 2.75) is 6.92 Å². The molecule has 128 valence electrons. The van der Waals surface area contributed by atoms with E-state index in [2.05, 4.69) is 15.5 Å². The van der Waals surface area contributed by atoms with Crippen LogP contribution in [-0.4, -0.2) is 30.2 Å². The van der Waals surface area contributed by atoms with Crippen molar-refractivity contribution in [1.82, 2.24) is 10.2 Å². The zero-order valence-corrected chi connectivity index (χ0v) is 14.1. The van der Waals surface area contributed by atoms with Crippen LogP contribution < -0.4 is 10.2 Å². The van der Waals surface area contributed by atoms with E-state index in [0.29, 0.717) is 23.2 Å². The third-order valence-electron chi connectivity index (χ3n) is 3.62. The normalized spacial score (nSPS) is 10.6. The van der Waals surface area contributed by atoms with E-state index in [-0.39, 0.29) is 11.5 Å². The van der Waals surface area contributed by atoms with Gasteiger partial charge in [-0.3, -0.25) is 4.79 Å². The van der Waals surface area contributed by atoms with Crippen LogP contribution in [0.1, 0.15) is 15.9 Å². The predicted octanol–water partition coefficient (Wildman–Crippen LogP) is 3.50. The summed E-state index contributed by atoms with van der Waals surface area (Å²) in [6.45, 7) is 1.65. The van der Waals surface area contributed by atoms with E-state index in [9.17, 15) is 9.18 Å². The molecule has 1 aromatic heterocycles. The predicted molar refractivity (Wildman–Crippen MR) is 93.2 cm³/mol. The standard InChI is InChI=1S/C18H17FN4O2/c1-11-4-5-13(10-15(11)19)16(24)20-14-8-6-12(7-9-14)17-21-22-18(25-17)23(2)3/h4-10H,1-3H3,(H,20,24). The van der Waals surface area contributed by atoms with Crippen LogP contribution in [0.2, 0.25) is 0 Å². The van der Waals surface area contributed by atoms with Gasteiger partial charge in [0.2, 0.25) is 5.89 Å². The van der Waals surface area contributed by atoms with Gasteiger partial charge in [-0.25, -0.2) is 4.39 Å². The van der Waals surface area contributed by atoms with Crippen molar-refractivity contribution >= 4 is 17.6 Å². The molecular formula is C18H17FN4O2. The van der Waals surface area contributed by atoms with E-state index in [0.717, 1.165) is 5.56 Å². The van der Waals surface area contributed by atoms with Crippen LogP contribution in [0.15, 0.2) is 46.9 Å². The number of amides is 1. The molecule has 0 spiro atoms. The zero-order chi connectivity index (χ0) is 18.0. The molecule has 6 nitrogen and oxygen atoms in total. The summed E-state index contributed by atoms with van der Waals surface area (Å²) in [7, 11) is 3.62. The number of rotatable bonds is 4. The maximum Gasteiger partial charge on any atom is 0.317 e. The van der Waals surface area contributed by atoms with Gasteiger partial charge in [0.25, 0.3) is 5.91 Å². The summed E-state index contributed by atoms with van der Waals surface area (Å²) in [4.78, 5) is 13.9. The molecule has 0 saturated carbocycles. The Morgan fingerprint density at radius 3 is 2.44 bits per heavy atom. The highest BCUT2D eigenvalue weighted by Gasteiger charge is 2.11. The van der Waals surface area contributed by atoms with Crippen molar-refractivity contribution in [3.8, 4) is 11.5 Å². The molecule has 3 aromatic rings. The van der Waals surface area contributed by atoms with E-state index in [1.165, 1.54) is 6.07 Å². The number of benzene rings is 2. The van der Waals surface area contributed by atoms with Crippen molar-refractivity contribution in [3.05, 3.63) is 59.4 Å². The van der Waals surface area contributed by atoms with Gasteiger partial charge in [-0.1, -0.05) is 11.2 Å². The van der Waals surface area contributed by atoms with Crippen LogP contribution in [0.5, 0.6) is 0 Å². The van der Waals surface area contributed by atoms with Crippen LogP contribution in [-0.2, 0) is 0 Å². The molecule has 0 aliphatic heterocycles. The number of nitrogens with one attached hydrogen (secondary N) is 1. The molecule has 0 aliphatic carbocycles. The summed E-state index contributed by atoms with van der Waals surface area (Å²) in [6.07, 6.45) is 0. The number of aryl methyl sites for hydroxylation is 1. The van der Waals surface area contributed by atoms with Gasteiger partial charge < -0.3 is 14.6 Å². The van der Waals surface area contributed by atoms with Crippen molar-refractivity contribution in [2.24, 2.45) is 0 Å². The minimum atomic E-state index is -0.406. The van der Waals surface area contributed by atoms with Gasteiger partial charge in [0, 0.05) is 30.9 Å². The zero-order valence-electron chi connectivity index (χ0n) is 14.1. The van der Waals surface area contributed by atoms with Gasteiger partial charge in [0.15, 0.2) is 0 Å². The molecule has 0 bridgehead atoms. The molecular weight excluding hydrogens is 323 g/mol. The number of aromatic nitrogens is 2. The van der Waals surface area contributed by atoms with Gasteiger partial charge >= 0.3 is 6.01 Å². The molecule has 7 heteroatoms. The first kappa shape index (κ1) is 16.6. The maximum absolute atomic E-state index is 13.6. The Bertz CT molecular complexity index is 904. The Hall–Kier alpha value is -3.22. The van der Waals surface area contributed by atoms with Crippen molar-refractivity contribution in [3.63, 3.8) is 0 Å². The highest BCUT2D eigenvalue weighted by atomic mass is 19.1. The third kappa shape index (κ3) is 3.65. The Morgan fingerprint density at radius 1 is 1.12 bits per heavy atom. The topological polar surface area (TPSA) is 71.3 Å². The van der Waals surface area contributed by atoms with Crippen LogP contribution >= 0.6 is 0 Å². The first-order valence-electron chi connectivity index (χ1n) is 7.63. The van der Waals surface area contributed by atoms with E-state index in [4.69, 9.17) is 4.42 Å². The molecule has 0 atom stereocenters. The number of anilines is 2. The highest BCUT2D eigenvalue weighted by Crippen LogP contribution is 2.23. The lowest BCUT2D eigenvalue weighted by atomic mass is 10.1. The molecule has 3 rings (SSSR count). The summed E-state index contributed by atoms with van der Waals surface area (Å²) >= 11 is 0. The monoisotopic (exact) mass is 340 g/mol. The first-order valence-corrected chi connectivity index (χ1v) is 7.63. The molecule has 0 aliphatic rings. The molecule has 1 N–H and O–H groups in total. The summed E-state index contributed by atoms with van der Waals surface area (Å²) in [5.41, 5.74) is 2.08. The lowest BCUT2D eigenvalue weighted by molar-refractivity contribution is 0.102. The SMILES string of the molecule is Cc1ccc(C(=O)Nc2ccc(-c3nnc(N(C)C)o3)cc2)cc1F. The quantitative estimate of drug-likeness (QED) is 0.787. The average Bonchev–Trinajstić information content (AvgIpc) is 3.08. The van der Waals surface area contributed by atoms with E-state index >= 15 is 0 Å². The summed E-state index contributed by atoms with van der Waals surface area (Å²) in [5, 5.41) is 10.6. The maximum atomic E-state index is 13.6. The van der Waals surface area contributed by atoms with Crippen molar-refractivity contribution in [2.75, 3.05) is 24.3 Å². The minimum Gasteiger partial charge on any atom is -0.403 e. The fourth-order valence-electron chi connectivity index (χ4n) is 2.15. The molecule has 0 saturated heterocycles. The molecule has 1 amide bonds. The summed E-state index contributed by atoms with van der Waals surface area (Å²) < 4.78 is 19.1. The highest BCUT2D eigenvalue weighted by molar-refractivity contribution is 6.04. The molecule has 0 unspecified atom stereocenters. The molecule has 0 radical (unpaired) electrons. The Labute approximate surface area is 144 Å². The number of hydrogen-bond acceptors (Lipinski definition) is 5. The second kappa shape index (κ2) is 6.72. The van der Waals surface area contributed by atoms with Crippen LogP contribution in [0, 0.1) is 12.7 Å². The number of carbonyl (C=O) groups is 1. The lowest BCUT2D eigenvalue weighted by Crippen LogP contribution is -2.12. The van der Waals surface area contributed by atoms with Gasteiger partial charge in [0.1, 0.15) is 5.82 Å². The Kier molecular flexibility index (Phi) is 4.47. The summed E-state index contributed by atoms with van der Waals surface area (Å²) in [5.74, 6) is -0.391. The largest absolute Gasteiger partial charge is 0.403 e. The molecule has 1 heterocycles. The Morgan fingerprint density at radius 2 is 1.84 bits per heavy atom. The van der Waals surface area contributed by atoms with Crippen LogP contribution in [0.25, 0.3) is 11.5 Å².